The molecule has 0 unspecified atom stereocenters. The summed E-state index contributed by atoms with van der Waals surface area (Å²) in [6, 6.07) is 19.3. The van der Waals surface area contributed by atoms with Gasteiger partial charge in [-0.05, 0) is 0 Å². The second-order valence-corrected chi connectivity index (χ2v) is 6.84. The van der Waals surface area contributed by atoms with Gasteiger partial charge in [0.05, 0.1) is 0 Å². The lowest BCUT2D eigenvalue weighted by molar-refractivity contribution is 0.103. The highest BCUT2D eigenvalue weighted by molar-refractivity contribution is 7.19. The summed E-state index contributed by atoms with van der Waals surface area (Å²) in [4.78, 5) is 12.6. The predicted molar refractivity (Wildman–Crippen MR) is 94.1 cm³/mol. The number of benzene rings is 2. The minimum absolute atomic E-state index is 0.241. The smallest absolute Gasteiger partial charge is 0.254 e. The zero-order valence-corrected chi connectivity index (χ0v) is 13.9. The minimum Gasteiger partial charge on any atom is -0.283 e. The first-order valence-electron chi connectivity index (χ1n) is 7.14. The van der Waals surface area contributed by atoms with Crippen molar-refractivity contribution in [1.82, 2.24) is 20.4 Å². The predicted octanol–water partition coefficient (Wildman–Crippen LogP) is 3.95. The highest BCUT2D eigenvalue weighted by Crippen LogP contribution is 2.27. The van der Waals surface area contributed by atoms with Crippen molar-refractivity contribution in [2.75, 3.05) is 0 Å². The van der Waals surface area contributed by atoms with Crippen LogP contribution in [0.25, 0.3) is 21.1 Å². The van der Waals surface area contributed by atoms with Crippen LogP contribution in [0, 0.1) is 0 Å². The SMILES string of the molecule is O=C(c1nnc(-c2ccccc2)s1)c1nnc(-c2ccccc2)s1. The summed E-state index contributed by atoms with van der Waals surface area (Å²) in [7, 11) is 0. The maximum atomic E-state index is 12.6. The molecule has 2 aromatic heterocycles. The second-order valence-electron chi connectivity index (χ2n) is 4.89. The molecular formula is C17H10N4OS2. The van der Waals surface area contributed by atoms with E-state index in [2.05, 4.69) is 20.4 Å². The number of hydrogen-bond acceptors (Lipinski definition) is 7. The monoisotopic (exact) mass is 350 g/mol. The molecule has 0 bridgehead atoms. The van der Waals surface area contributed by atoms with Crippen LogP contribution in [-0.4, -0.2) is 26.2 Å². The summed E-state index contributed by atoms with van der Waals surface area (Å²) in [6.45, 7) is 0. The fraction of sp³-hybridized carbons (Fsp3) is 0. The first-order chi connectivity index (χ1) is 11.8. The van der Waals surface area contributed by atoms with Crippen molar-refractivity contribution in [1.29, 1.82) is 0 Å². The van der Waals surface area contributed by atoms with Crippen molar-refractivity contribution in [2.24, 2.45) is 0 Å². The molecule has 0 aliphatic carbocycles. The second kappa shape index (κ2) is 6.38. The van der Waals surface area contributed by atoms with Gasteiger partial charge in [0.1, 0.15) is 10.0 Å². The van der Waals surface area contributed by atoms with E-state index < -0.39 is 0 Å². The molecule has 0 radical (unpaired) electrons. The standard InChI is InChI=1S/C17H10N4OS2/c22-13(16-20-18-14(23-16)11-7-3-1-4-8-11)17-21-19-15(24-17)12-9-5-2-6-10-12/h1-10H. The van der Waals surface area contributed by atoms with E-state index in [0.717, 1.165) is 11.1 Å². The van der Waals surface area contributed by atoms with Crippen molar-refractivity contribution in [2.45, 2.75) is 0 Å². The molecule has 0 aliphatic rings. The summed E-state index contributed by atoms with van der Waals surface area (Å²) in [5.74, 6) is -0.241. The van der Waals surface area contributed by atoms with Gasteiger partial charge in [-0.2, -0.15) is 0 Å². The fourth-order valence-corrected chi connectivity index (χ4v) is 3.76. The molecule has 0 amide bonds. The van der Waals surface area contributed by atoms with E-state index in [9.17, 15) is 4.79 Å². The Balaban J connectivity index is 1.61. The highest BCUT2D eigenvalue weighted by Gasteiger charge is 2.20. The fourth-order valence-electron chi connectivity index (χ4n) is 2.12. The quantitative estimate of drug-likeness (QED) is 0.521. The Labute approximate surface area is 145 Å². The minimum atomic E-state index is -0.241. The van der Waals surface area contributed by atoms with Crippen LogP contribution in [0.5, 0.6) is 0 Å². The topological polar surface area (TPSA) is 68.6 Å². The van der Waals surface area contributed by atoms with Crippen LogP contribution in [0.2, 0.25) is 0 Å². The lowest BCUT2D eigenvalue weighted by atomic mass is 10.2. The van der Waals surface area contributed by atoms with Gasteiger partial charge in [-0.25, -0.2) is 0 Å². The molecule has 0 spiro atoms. The molecule has 2 heterocycles. The van der Waals surface area contributed by atoms with Crippen molar-refractivity contribution >= 4 is 28.5 Å². The number of ketones is 1. The molecule has 4 rings (SSSR count). The molecule has 2 aromatic carbocycles. The molecule has 0 aliphatic heterocycles. The third-order valence-electron chi connectivity index (χ3n) is 3.28. The number of hydrogen-bond donors (Lipinski definition) is 0. The Morgan fingerprint density at radius 3 is 1.46 bits per heavy atom. The normalized spacial score (nSPS) is 10.7. The summed E-state index contributed by atoms with van der Waals surface area (Å²) in [6.07, 6.45) is 0. The van der Waals surface area contributed by atoms with Crippen molar-refractivity contribution < 1.29 is 4.79 Å². The van der Waals surface area contributed by atoms with Gasteiger partial charge in [0.2, 0.25) is 0 Å². The van der Waals surface area contributed by atoms with Crippen molar-refractivity contribution in [3.05, 3.63) is 70.7 Å². The van der Waals surface area contributed by atoms with Gasteiger partial charge < -0.3 is 0 Å². The Morgan fingerprint density at radius 1 is 0.625 bits per heavy atom. The molecule has 116 valence electrons. The van der Waals surface area contributed by atoms with Gasteiger partial charge in [0.25, 0.3) is 5.78 Å². The number of carbonyl (C=O) groups excluding carboxylic acids is 1. The van der Waals surface area contributed by atoms with Crippen LogP contribution < -0.4 is 0 Å². The third-order valence-corrected chi connectivity index (χ3v) is 5.22. The summed E-state index contributed by atoms with van der Waals surface area (Å²) >= 11 is 2.52. The lowest BCUT2D eigenvalue weighted by Gasteiger charge is -1.92. The Bertz CT molecular complexity index is 900. The van der Waals surface area contributed by atoms with Crippen molar-refractivity contribution in [3.63, 3.8) is 0 Å². The van der Waals surface area contributed by atoms with E-state index in [-0.39, 0.29) is 5.78 Å². The van der Waals surface area contributed by atoms with E-state index in [0.29, 0.717) is 20.0 Å². The summed E-state index contributed by atoms with van der Waals surface area (Å²) < 4.78 is 0. The van der Waals surface area contributed by atoms with E-state index in [4.69, 9.17) is 0 Å². The molecular weight excluding hydrogens is 340 g/mol. The molecule has 0 atom stereocenters. The lowest BCUT2D eigenvalue weighted by Crippen LogP contribution is -1.99. The molecule has 24 heavy (non-hydrogen) atoms. The van der Waals surface area contributed by atoms with E-state index >= 15 is 0 Å². The van der Waals surface area contributed by atoms with Crippen LogP contribution in [0.4, 0.5) is 0 Å². The van der Waals surface area contributed by atoms with E-state index in [1.165, 1.54) is 22.7 Å². The van der Waals surface area contributed by atoms with Gasteiger partial charge in [0, 0.05) is 11.1 Å². The van der Waals surface area contributed by atoms with Crippen LogP contribution in [-0.2, 0) is 0 Å². The van der Waals surface area contributed by atoms with Crippen molar-refractivity contribution in [3.8, 4) is 21.1 Å². The van der Waals surface area contributed by atoms with Crippen LogP contribution in [0.15, 0.2) is 60.7 Å². The van der Waals surface area contributed by atoms with Gasteiger partial charge in [0.15, 0.2) is 10.0 Å². The van der Waals surface area contributed by atoms with Gasteiger partial charge in [-0.1, -0.05) is 83.3 Å². The first kappa shape index (κ1) is 14.8. The average Bonchev–Trinajstić information content (AvgIpc) is 3.33. The van der Waals surface area contributed by atoms with E-state index in [1.54, 1.807) is 0 Å². The van der Waals surface area contributed by atoms with Crippen LogP contribution in [0.1, 0.15) is 14.8 Å². The highest BCUT2D eigenvalue weighted by atomic mass is 32.1. The molecule has 0 fully saturated rings. The Kier molecular flexibility index (Phi) is 3.94. The molecule has 0 saturated heterocycles. The number of aromatic nitrogens is 4. The zero-order chi connectivity index (χ0) is 16.4. The molecule has 0 saturated carbocycles. The number of nitrogens with zero attached hydrogens (tertiary/aromatic N) is 4. The third kappa shape index (κ3) is 2.86. The van der Waals surface area contributed by atoms with Gasteiger partial charge in [-0.15, -0.1) is 20.4 Å². The summed E-state index contributed by atoms with van der Waals surface area (Å²) in [5.41, 5.74) is 1.88. The molecule has 0 N–H and O–H groups in total. The Hall–Kier alpha value is -2.77. The number of rotatable bonds is 4. The molecule has 5 nitrogen and oxygen atoms in total. The zero-order valence-electron chi connectivity index (χ0n) is 12.3. The largest absolute Gasteiger partial charge is 0.283 e. The summed E-state index contributed by atoms with van der Waals surface area (Å²) in [5, 5.41) is 18.3. The van der Waals surface area contributed by atoms with Gasteiger partial charge >= 0.3 is 0 Å². The number of carbonyl (C=O) groups is 1. The average molecular weight is 350 g/mol. The molecule has 4 aromatic rings. The van der Waals surface area contributed by atoms with Gasteiger partial charge in [-0.3, -0.25) is 4.79 Å². The Morgan fingerprint density at radius 2 is 1.04 bits per heavy atom. The van der Waals surface area contributed by atoms with E-state index in [1.807, 2.05) is 60.7 Å². The van der Waals surface area contributed by atoms with Crippen LogP contribution in [0.3, 0.4) is 0 Å². The maximum Gasteiger partial charge on any atom is 0.254 e. The maximum absolute atomic E-state index is 12.6. The van der Waals surface area contributed by atoms with Crippen LogP contribution >= 0.6 is 22.7 Å². The molecule has 7 heteroatoms. The first-order valence-corrected chi connectivity index (χ1v) is 8.77.